The van der Waals surface area contributed by atoms with E-state index in [0.29, 0.717) is 0 Å². The predicted octanol–water partition coefficient (Wildman–Crippen LogP) is 5.35. The van der Waals surface area contributed by atoms with Gasteiger partial charge < -0.3 is 5.32 Å². The molecule has 0 aromatic heterocycles. The summed E-state index contributed by atoms with van der Waals surface area (Å²) in [6, 6.07) is 13.7. The number of hydrogen-bond donors (Lipinski definition) is 1. The van der Waals surface area contributed by atoms with Crippen molar-refractivity contribution >= 4 is 11.8 Å². The molecule has 0 radical (unpaired) electrons. The summed E-state index contributed by atoms with van der Waals surface area (Å²) < 4.78 is 14.3. The first-order valence-electron chi connectivity index (χ1n) is 7.38. The molecule has 112 valence electrons. The lowest BCUT2D eigenvalue weighted by atomic mass is 10.1. The zero-order valence-corrected chi connectivity index (χ0v) is 13.6. The number of nitrogens with one attached hydrogen (secondary N) is 1. The van der Waals surface area contributed by atoms with Crippen molar-refractivity contribution in [2.45, 2.75) is 43.0 Å². The van der Waals surface area contributed by atoms with Crippen molar-refractivity contribution in [3.63, 3.8) is 0 Å². The predicted molar refractivity (Wildman–Crippen MR) is 88.4 cm³/mol. The molecule has 21 heavy (non-hydrogen) atoms. The lowest BCUT2D eigenvalue weighted by molar-refractivity contribution is 0.543. The van der Waals surface area contributed by atoms with E-state index in [9.17, 15) is 4.39 Å². The smallest absolute Gasteiger partial charge is 0.137 e. The molecule has 0 amide bonds. The van der Waals surface area contributed by atoms with Crippen LogP contribution in [-0.2, 0) is 0 Å². The van der Waals surface area contributed by atoms with Gasteiger partial charge in [0.05, 0.1) is 4.90 Å². The third-order valence-electron chi connectivity index (χ3n) is 3.37. The standard InChI is InChI=1S/C18H22FNS/c1-4-11-20-14(3)16-9-6-10-17(19)18(16)21-15-8-5-7-13(2)12-15/h5-10,12,14,20H,4,11H2,1-3H3. The second-order valence-corrected chi connectivity index (χ2v) is 6.34. The maximum atomic E-state index is 14.3. The SMILES string of the molecule is CCCNC(C)c1cccc(F)c1Sc1cccc(C)c1. The minimum atomic E-state index is -0.149. The van der Waals surface area contributed by atoms with Gasteiger partial charge in [0.1, 0.15) is 5.82 Å². The van der Waals surface area contributed by atoms with E-state index in [0.717, 1.165) is 28.3 Å². The summed E-state index contributed by atoms with van der Waals surface area (Å²) in [5.41, 5.74) is 2.21. The molecule has 0 bridgehead atoms. The van der Waals surface area contributed by atoms with Gasteiger partial charge in [-0.2, -0.15) is 0 Å². The van der Waals surface area contributed by atoms with Crippen LogP contribution in [0.3, 0.4) is 0 Å². The van der Waals surface area contributed by atoms with Crippen LogP contribution in [0.15, 0.2) is 52.3 Å². The molecule has 1 unspecified atom stereocenters. The highest BCUT2D eigenvalue weighted by Crippen LogP contribution is 2.35. The van der Waals surface area contributed by atoms with Crippen molar-refractivity contribution in [3.05, 3.63) is 59.4 Å². The molecule has 0 aliphatic carbocycles. The van der Waals surface area contributed by atoms with Crippen LogP contribution in [0.25, 0.3) is 0 Å². The van der Waals surface area contributed by atoms with Gasteiger partial charge >= 0.3 is 0 Å². The van der Waals surface area contributed by atoms with Crippen molar-refractivity contribution in [1.82, 2.24) is 5.32 Å². The zero-order chi connectivity index (χ0) is 15.2. The summed E-state index contributed by atoms with van der Waals surface area (Å²) in [5.74, 6) is -0.149. The van der Waals surface area contributed by atoms with E-state index in [1.807, 2.05) is 18.2 Å². The van der Waals surface area contributed by atoms with E-state index in [-0.39, 0.29) is 11.9 Å². The van der Waals surface area contributed by atoms with Crippen LogP contribution in [0.1, 0.15) is 37.4 Å². The van der Waals surface area contributed by atoms with Crippen LogP contribution in [-0.4, -0.2) is 6.54 Å². The lowest BCUT2D eigenvalue weighted by Crippen LogP contribution is -2.20. The Balaban J connectivity index is 2.29. The van der Waals surface area contributed by atoms with Gasteiger partial charge in [0, 0.05) is 10.9 Å². The molecule has 0 aliphatic rings. The topological polar surface area (TPSA) is 12.0 Å². The molecule has 2 aromatic carbocycles. The fourth-order valence-corrected chi connectivity index (χ4v) is 3.40. The number of rotatable bonds is 6. The van der Waals surface area contributed by atoms with Gasteiger partial charge in [0.15, 0.2) is 0 Å². The lowest BCUT2D eigenvalue weighted by Gasteiger charge is -2.18. The Hall–Kier alpha value is -1.32. The fraction of sp³-hybridized carbons (Fsp3) is 0.333. The summed E-state index contributed by atoms with van der Waals surface area (Å²) in [6.45, 7) is 7.21. The van der Waals surface area contributed by atoms with E-state index in [2.05, 4.69) is 38.2 Å². The van der Waals surface area contributed by atoms with Gasteiger partial charge in [0.25, 0.3) is 0 Å². The normalized spacial score (nSPS) is 12.4. The molecule has 1 atom stereocenters. The number of hydrogen-bond acceptors (Lipinski definition) is 2. The Bertz CT molecular complexity index is 598. The highest BCUT2D eigenvalue weighted by Gasteiger charge is 2.15. The average Bonchev–Trinajstić information content (AvgIpc) is 2.47. The molecule has 0 saturated heterocycles. The number of benzene rings is 2. The van der Waals surface area contributed by atoms with Crippen LogP contribution in [0.5, 0.6) is 0 Å². The molecule has 0 fully saturated rings. The molecule has 1 nitrogen and oxygen atoms in total. The Morgan fingerprint density at radius 2 is 1.95 bits per heavy atom. The van der Waals surface area contributed by atoms with Crippen molar-refractivity contribution < 1.29 is 4.39 Å². The Morgan fingerprint density at radius 3 is 2.67 bits per heavy atom. The fourth-order valence-electron chi connectivity index (χ4n) is 2.24. The summed E-state index contributed by atoms with van der Waals surface area (Å²) in [7, 11) is 0. The van der Waals surface area contributed by atoms with E-state index >= 15 is 0 Å². The van der Waals surface area contributed by atoms with Crippen molar-refractivity contribution in [2.75, 3.05) is 6.54 Å². The van der Waals surface area contributed by atoms with Crippen LogP contribution in [0.2, 0.25) is 0 Å². The molecule has 1 N–H and O–H groups in total. The van der Waals surface area contributed by atoms with Gasteiger partial charge in [-0.3, -0.25) is 0 Å². The van der Waals surface area contributed by atoms with Crippen molar-refractivity contribution in [2.24, 2.45) is 0 Å². The molecule has 0 aliphatic heterocycles. The minimum Gasteiger partial charge on any atom is -0.310 e. The second-order valence-electron chi connectivity index (χ2n) is 5.25. The Kier molecular flexibility index (Phi) is 5.83. The summed E-state index contributed by atoms with van der Waals surface area (Å²) in [5, 5.41) is 3.43. The molecular weight excluding hydrogens is 281 g/mol. The molecular formula is C18H22FNS. The van der Waals surface area contributed by atoms with Gasteiger partial charge in [-0.05, 0) is 50.6 Å². The van der Waals surface area contributed by atoms with E-state index in [1.54, 1.807) is 6.07 Å². The Morgan fingerprint density at radius 1 is 1.19 bits per heavy atom. The average molecular weight is 303 g/mol. The molecule has 2 rings (SSSR count). The van der Waals surface area contributed by atoms with E-state index in [1.165, 1.54) is 23.4 Å². The first kappa shape index (κ1) is 16.1. The molecule has 0 heterocycles. The van der Waals surface area contributed by atoms with Crippen LogP contribution in [0.4, 0.5) is 4.39 Å². The van der Waals surface area contributed by atoms with Gasteiger partial charge in [-0.25, -0.2) is 4.39 Å². The zero-order valence-electron chi connectivity index (χ0n) is 12.8. The van der Waals surface area contributed by atoms with Gasteiger partial charge in [-0.1, -0.05) is 48.5 Å². The quantitative estimate of drug-likeness (QED) is 0.772. The van der Waals surface area contributed by atoms with Crippen LogP contribution < -0.4 is 5.32 Å². The summed E-state index contributed by atoms with van der Waals surface area (Å²) in [6.07, 6.45) is 1.07. The number of aryl methyl sites for hydroxylation is 1. The first-order valence-corrected chi connectivity index (χ1v) is 8.19. The maximum absolute atomic E-state index is 14.3. The molecule has 0 spiro atoms. The van der Waals surface area contributed by atoms with E-state index < -0.39 is 0 Å². The van der Waals surface area contributed by atoms with E-state index in [4.69, 9.17) is 0 Å². The highest BCUT2D eigenvalue weighted by molar-refractivity contribution is 7.99. The van der Waals surface area contributed by atoms with Crippen molar-refractivity contribution in [3.8, 4) is 0 Å². The molecule has 0 saturated carbocycles. The molecule has 2 aromatic rings. The highest BCUT2D eigenvalue weighted by atomic mass is 32.2. The summed E-state index contributed by atoms with van der Waals surface area (Å²) >= 11 is 1.50. The summed E-state index contributed by atoms with van der Waals surface area (Å²) in [4.78, 5) is 1.79. The van der Waals surface area contributed by atoms with Crippen LogP contribution in [0, 0.1) is 12.7 Å². The number of halogens is 1. The first-order chi connectivity index (χ1) is 10.1. The van der Waals surface area contributed by atoms with Crippen LogP contribution >= 0.6 is 11.8 Å². The second kappa shape index (κ2) is 7.62. The third kappa shape index (κ3) is 4.32. The maximum Gasteiger partial charge on any atom is 0.137 e. The van der Waals surface area contributed by atoms with Gasteiger partial charge in [0.2, 0.25) is 0 Å². The van der Waals surface area contributed by atoms with Gasteiger partial charge in [-0.15, -0.1) is 0 Å². The minimum absolute atomic E-state index is 0.146. The monoisotopic (exact) mass is 303 g/mol. The third-order valence-corrected chi connectivity index (χ3v) is 4.50. The molecule has 3 heteroatoms. The largest absolute Gasteiger partial charge is 0.310 e. The van der Waals surface area contributed by atoms with Crippen molar-refractivity contribution in [1.29, 1.82) is 0 Å². The Labute approximate surface area is 131 Å².